The zero-order chi connectivity index (χ0) is 22.3. The van der Waals surface area contributed by atoms with E-state index in [0.29, 0.717) is 17.9 Å². The van der Waals surface area contributed by atoms with E-state index in [4.69, 9.17) is 9.47 Å². The second kappa shape index (κ2) is 10.3. The van der Waals surface area contributed by atoms with Crippen LogP contribution in [0.3, 0.4) is 0 Å². The first-order chi connectivity index (χ1) is 14.1. The third-order valence-corrected chi connectivity index (χ3v) is 5.57. The summed E-state index contributed by atoms with van der Waals surface area (Å²) in [4.78, 5) is 12.7. The number of nitrogens with one attached hydrogen (secondary N) is 1. The summed E-state index contributed by atoms with van der Waals surface area (Å²) in [5, 5.41) is 2.92. The number of nitrogens with zero attached hydrogens (tertiary/aromatic N) is 1. The fourth-order valence-corrected chi connectivity index (χ4v) is 3.86. The summed E-state index contributed by atoms with van der Waals surface area (Å²) < 4.78 is 36.7. The van der Waals surface area contributed by atoms with Crippen molar-refractivity contribution in [1.82, 2.24) is 5.32 Å². The second-order valence-electron chi connectivity index (χ2n) is 7.24. The molecule has 7 nitrogen and oxygen atoms in total. The van der Waals surface area contributed by atoms with E-state index < -0.39 is 15.9 Å². The summed E-state index contributed by atoms with van der Waals surface area (Å²) in [5.74, 6) is 0.881. The Kier molecular flexibility index (Phi) is 8.11. The number of sulfonamides is 1. The van der Waals surface area contributed by atoms with Crippen LogP contribution in [0.4, 0.5) is 5.69 Å². The van der Waals surface area contributed by atoms with Gasteiger partial charge in [-0.2, -0.15) is 0 Å². The van der Waals surface area contributed by atoms with Crippen LogP contribution < -0.4 is 19.1 Å². The molecule has 0 saturated carbocycles. The molecule has 1 amide bonds. The standard InChI is InChI=1S/C22H30N2O5S/c1-6-21(17-10-12-19(28-4)13-11-17)23-22(25)15-24(30(5,26)27)18-8-7-9-20(14-18)29-16(2)3/h7-14,16,21H,6,15H2,1-5H3,(H,23,25). The average Bonchev–Trinajstić information content (AvgIpc) is 2.69. The molecule has 0 aliphatic rings. The number of rotatable bonds is 10. The number of ether oxygens (including phenoxy) is 2. The highest BCUT2D eigenvalue weighted by molar-refractivity contribution is 7.92. The lowest BCUT2D eigenvalue weighted by Gasteiger charge is -2.24. The van der Waals surface area contributed by atoms with Crippen molar-refractivity contribution in [3.63, 3.8) is 0 Å². The quantitative estimate of drug-likeness (QED) is 0.618. The monoisotopic (exact) mass is 434 g/mol. The fourth-order valence-electron chi connectivity index (χ4n) is 3.01. The van der Waals surface area contributed by atoms with Gasteiger partial charge in [-0.25, -0.2) is 8.42 Å². The van der Waals surface area contributed by atoms with Crippen LogP contribution in [-0.2, 0) is 14.8 Å². The van der Waals surface area contributed by atoms with Gasteiger partial charge in [-0.3, -0.25) is 9.10 Å². The van der Waals surface area contributed by atoms with E-state index in [1.54, 1.807) is 31.4 Å². The van der Waals surface area contributed by atoms with Crippen molar-refractivity contribution in [3.8, 4) is 11.5 Å². The van der Waals surface area contributed by atoms with Gasteiger partial charge in [0.15, 0.2) is 0 Å². The van der Waals surface area contributed by atoms with Gasteiger partial charge in [0.2, 0.25) is 15.9 Å². The lowest BCUT2D eigenvalue weighted by Crippen LogP contribution is -2.41. The van der Waals surface area contributed by atoms with E-state index >= 15 is 0 Å². The Morgan fingerprint density at radius 3 is 2.30 bits per heavy atom. The maximum atomic E-state index is 12.7. The van der Waals surface area contributed by atoms with E-state index in [2.05, 4.69) is 5.32 Å². The molecule has 1 unspecified atom stereocenters. The summed E-state index contributed by atoms with van der Waals surface area (Å²) in [6, 6.07) is 13.9. The highest BCUT2D eigenvalue weighted by atomic mass is 32.2. The van der Waals surface area contributed by atoms with Crippen molar-refractivity contribution < 1.29 is 22.7 Å². The number of methoxy groups -OCH3 is 1. The summed E-state index contributed by atoms with van der Waals surface area (Å²) >= 11 is 0. The Morgan fingerprint density at radius 2 is 1.77 bits per heavy atom. The highest BCUT2D eigenvalue weighted by Gasteiger charge is 2.23. The average molecular weight is 435 g/mol. The first-order valence-electron chi connectivity index (χ1n) is 9.81. The molecule has 2 aromatic rings. The smallest absolute Gasteiger partial charge is 0.241 e. The summed E-state index contributed by atoms with van der Waals surface area (Å²) in [7, 11) is -2.08. The SMILES string of the molecule is CCC(NC(=O)CN(c1cccc(OC(C)C)c1)S(C)(=O)=O)c1ccc(OC)cc1. The van der Waals surface area contributed by atoms with Crippen LogP contribution in [0.1, 0.15) is 38.8 Å². The topological polar surface area (TPSA) is 84.9 Å². The minimum Gasteiger partial charge on any atom is -0.497 e. The molecule has 0 aromatic heterocycles. The Balaban J connectivity index is 2.19. The van der Waals surface area contributed by atoms with Gasteiger partial charge in [0.25, 0.3) is 0 Å². The molecule has 0 bridgehead atoms. The molecule has 30 heavy (non-hydrogen) atoms. The summed E-state index contributed by atoms with van der Waals surface area (Å²) in [5.41, 5.74) is 1.30. The van der Waals surface area contributed by atoms with Crippen molar-refractivity contribution >= 4 is 21.6 Å². The van der Waals surface area contributed by atoms with Crippen LogP contribution in [0.5, 0.6) is 11.5 Å². The molecule has 0 radical (unpaired) electrons. The van der Waals surface area contributed by atoms with Crippen molar-refractivity contribution in [2.75, 3.05) is 24.2 Å². The predicted molar refractivity (Wildman–Crippen MR) is 119 cm³/mol. The fraction of sp³-hybridized carbons (Fsp3) is 0.409. The molecule has 1 atom stereocenters. The minimum atomic E-state index is -3.67. The van der Waals surface area contributed by atoms with Gasteiger partial charge >= 0.3 is 0 Å². The lowest BCUT2D eigenvalue weighted by atomic mass is 10.0. The van der Waals surface area contributed by atoms with E-state index in [-0.39, 0.29) is 18.7 Å². The van der Waals surface area contributed by atoms with Gasteiger partial charge in [0.1, 0.15) is 18.0 Å². The third kappa shape index (κ3) is 6.66. The molecule has 0 saturated heterocycles. The maximum absolute atomic E-state index is 12.7. The number of hydrogen-bond acceptors (Lipinski definition) is 5. The molecule has 8 heteroatoms. The number of hydrogen-bond donors (Lipinski definition) is 1. The Hall–Kier alpha value is -2.74. The van der Waals surface area contributed by atoms with Gasteiger partial charge in [0, 0.05) is 6.07 Å². The first-order valence-corrected chi connectivity index (χ1v) is 11.7. The second-order valence-corrected chi connectivity index (χ2v) is 9.14. The third-order valence-electron chi connectivity index (χ3n) is 4.43. The molecule has 2 rings (SSSR count). The molecule has 164 valence electrons. The molecule has 0 aliphatic carbocycles. The van der Waals surface area contributed by atoms with Gasteiger partial charge in [-0.05, 0) is 50.1 Å². The normalized spacial score (nSPS) is 12.3. The van der Waals surface area contributed by atoms with Crippen molar-refractivity contribution in [2.45, 2.75) is 39.3 Å². The van der Waals surface area contributed by atoms with E-state index in [0.717, 1.165) is 21.9 Å². The summed E-state index contributed by atoms with van der Waals surface area (Å²) in [6.45, 7) is 5.41. The maximum Gasteiger partial charge on any atom is 0.241 e. The number of carbonyl (C=O) groups is 1. The van der Waals surface area contributed by atoms with Crippen LogP contribution in [-0.4, -0.2) is 40.3 Å². The van der Waals surface area contributed by atoms with Gasteiger partial charge in [-0.1, -0.05) is 25.1 Å². The van der Waals surface area contributed by atoms with E-state index in [9.17, 15) is 13.2 Å². The summed E-state index contributed by atoms with van der Waals surface area (Å²) in [6.07, 6.45) is 1.69. The van der Waals surface area contributed by atoms with Gasteiger partial charge in [0.05, 0.1) is 31.2 Å². The number of amides is 1. The Morgan fingerprint density at radius 1 is 1.10 bits per heavy atom. The molecule has 1 N–H and O–H groups in total. The zero-order valence-electron chi connectivity index (χ0n) is 18.1. The molecular weight excluding hydrogens is 404 g/mol. The predicted octanol–water partition coefficient (Wildman–Crippen LogP) is 3.52. The number of carbonyl (C=O) groups excluding carboxylic acids is 1. The van der Waals surface area contributed by atoms with Crippen LogP contribution >= 0.6 is 0 Å². The molecule has 0 spiro atoms. The molecule has 0 aliphatic heterocycles. The number of anilines is 1. The lowest BCUT2D eigenvalue weighted by molar-refractivity contribution is -0.120. The van der Waals surface area contributed by atoms with Crippen molar-refractivity contribution in [3.05, 3.63) is 54.1 Å². The number of benzene rings is 2. The van der Waals surface area contributed by atoms with Crippen molar-refractivity contribution in [2.24, 2.45) is 0 Å². The first kappa shape index (κ1) is 23.5. The highest BCUT2D eigenvalue weighted by Crippen LogP contribution is 2.24. The Bertz CT molecular complexity index is 942. The van der Waals surface area contributed by atoms with Crippen molar-refractivity contribution in [1.29, 1.82) is 0 Å². The van der Waals surface area contributed by atoms with Crippen LogP contribution in [0.15, 0.2) is 48.5 Å². The molecule has 0 fully saturated rings. The van der Waals surface area contributed by atoms with Gasteiger partial charge < -0.3 is 14.8 Å². The van der Waals surface area contributed by atoms with E-state index in [1.165, 1.54) is 0 Å². The van der Waals surface area contributed by atoms with Crippen LogP contribution in [0.2, 0.25) is 0 Å². The van der Waals surface area contributed by atoms with Crippen LogP contribution in [0.25, 0.3) is 0 Å². The largest absolute Gasteiger partial charge is 0.497 e. The minimum absolute atomic E-state index is 0.0509. The molecular formula is C22H30N2O5S. The van der Waals surface area contributed by atoms with Crippen LogP contribution in [0, 0.1) is 0 Å². The molecule has 0 heterocycles. The van der Waals surface area contributed by atoms with Gasteiger partial charge in [-0.15, -0.1) is 0 Å². The zero-order valence-corrected chi connectivity index (χ0v) is 18.9. The van der Waals surface area contributed by atoms with E-state index in [1.807, 2.05) is 45.0 Å². The Labute approximate surface area is 179 Å². The molecule has 2 aromatic carbocycles.